The number of aromatic nitrogens is 6. The molecule has 2 N–H and O–H groups in total. The van der Waals surface area contributed by atoms with Crippen LogP contribution in [0.4, 0.5) is 11.6 Å². The molecule has 6 aromatic heterocycles. The van der Waals surface area contributed by atoms with Gasteiger partial charge in [-0.1, -0.05) is 108 Å². The van der Waals surface area contributed by atoms with Crippen LogP contribution in [-0.4, -0.2) is 136 Å². The van der Waals surface area contributed by atoms with Crippen LogP contribution in [0.5, 0.6) is 0 Å². The number of carbonyl (C=O) groups is 3. The van der Waals surface area contributed by atoms with Crippen molar-refractivity contribution < 1.29 is 31.2 Å². The third kappa shape index (κ3) is 15.9. The lowest BCUT2D eigenvalue weighted by Gasteiger charge is -2.46. The molecule has 3 amide bonds. The molecule has 6 aliphatic rings. The topological polar surface area (TPSA) is 212 Å². The third-order valence-corrected chi connectivity index (χ3v) is 27.0. The van der Waals surface area contributed by atoms with Crippen molar-refractivity contribution in [3.63, 3.8) is 0 Å². The number of nitrogens with one attached hydrogen (secondary N) is 2. The van der Waals surface area contributed by atoms with Gasteiger partial charge in [-0.3, -0.25) is 14.4 Å². The Kier molecular flexibility index (Phi) is 22.3. The van der Waals surface area contributed by atoms with Crippen molar-refractivity contribution in [2.24, 2.45) is 16.2 Å². The second-order valence-corrected chi connectivity index (χ2v) is 34.8. The lowest BCUT2D eigenvalue weighted by molar-refractivity contribution is -0.149. The Morgan fingerprint density at radius 3 is 1.19 bits per heavy atom. The van der Waals surface area contributed by atoms with E-state index in [4.69, 9.17) is 0 Å². The molecule has 0 radical (unpaired) electrons. The highest BCUT2D eigenvalue weighted by Crippen LogP contribution is 2.45. The number of aryl methyl sites for hydroxylation is 5. The van der Waals surface area contributed by atoms with Gasteiger partial charge in [0, 0.05) is 123 Å². The number of pyridine rings is 3. The number of aromatic amines is 1. The molecule has 3 spiro atoms. The molecule has 0 bridgehead atoms. The zero-order valence-corrected chi connectivity index (χ0v) is 65.7. The summed E-state index contributed by atoms with van der Waals surface area (Å²) in [5.74, 6) is 2.80. The average molecular weight is 1550 g/mol. The Bertz CT molecular complexity index is 5280. The second-order valence-electron chi connectivity index (χ2n) is 30.4. The summed E-state index contributed by atoms with van der Waals surface area (Å²) in [6.45, 7) is 18.9. The fraction of sp³-hybridized carbons (Fsp3) is 0.372. The first kappa shape index (κ1) is 75.3. The third-order valence-electron chi connectivity index (χ3n) is 23.2. The number of piperidine rings is 6. The first-order valence-corrected chi connectivity index (χ1v) is 41.7. The van der Waals surface area contributed by atoms with E-state index in [0.29, 0.717) is 43.1 Å². The van der Waals surface area contributed by atoms with Crippen LogP contribution in [0.1, 0.15) is 122 Å². The Balaban J connectivity index is 0.000000130. The quantitative estimate of drug-likeness (QED) is 0.109. The lowest BCUT2D eigenvalue weighted by atomic mass is 9.71. The first-order valence-electron chi connectivity index (χ1n) is 38.0. The molecule has 562 valence electrons. The minimum Gasteiger partial charge on any atom is -0.361 e. The van der Waals surface area contributed by atoms with Gasteiger partial charge in [0.1, 0.15) is 16.2 Å². The number of fused-ring (bicyclic) bond motifs is 3. The standard InChI is InChI=1S/C31H34N4O3S.C25H29N3O3S.C24H28N4O.C6H6BrN/c1-23-11-13-26(14-12-23)39(37,38)35-22-25(27-8-3-4-9-28(27)35)21-34-18-6-15-31(30(34)36)16-19-33(20-17-31)29-10-5-7-24(2)32-29;1-19-7-9-21(10-8-19)32(30,31)28-18-20(22-5-2-3-6-23(22)28)17-27-16-4-11-25(24(27)29)12-14-26-15-13-25;1-18-6-4-9-22(26-18)27-14-11-24(12-15-27)10-5-13-28(23(24)29)17-19-16-25-21-8-3-2-7-20(19)21;1-5-3-2-4-6(7)8-5/h3-5,7-14,22H,6,15-21H2,1-2H3;2-3,5-10,18,26H,4,11-17H2,1H3;2-4,6-9,16,25H,5,10-15,17H2,1H3;2-4H,1H3. The summed E-state index contributed by atoms with van der Waals surface area (Å²) >= 11 is 3.25. The molecule has 6 fully saturated rings. The van der Waals surface area contributed by atoms with Crippen molar-refractivity contribution in [3.8, 4) is 0 Å². The van der Waals surface area contributed by atoms with Crippen LogP contribution in [-0.2, 0) is 54.1 Å². The Hall–Kier alpha value is -9.48. The molecular formula is C86H97BrN12O7S2. The molecule has 5 aromatic carbocycles. The summed E-state index contributed by atoms with van der Waals surface area (Å²) in [4.78, 5) is 68.9. The molecule has 108 heavy (non-hydrogen) atoms. The number of hydrogen-bond acceptors (Lipinski definition) is 13. The first-order chi connectivity index (χ1) is 52.1. The van der Waals surface area contributed by atoms with Gasteiger partial charge in [-0.2, -0.15) is 0 Å². The number of hydrogen-bond donors (Lipinski definition) is 2. The van der Waals surface area contributed by atoms with E-state index in [2.05, 4.69) is 92.4 Å². The monoisotopic (exact) mass is 1550 g/mol. The Morgan fingerprint density at radius 1 is 0.398 bits per heavy atom. The second kappa shape index (κ2) is 32.0. The maximum absolute atomic E-state index is 14.0. The highest BCUT2D eigenvalue weighted by molar-refractivity contribution is 9.10. The van der Waals surface area contributed by atoms with Crippen molar-refractivity contribution in [1.82, 2.24) is 47.9 Å². The molecule has 0 saturated carbocycles. The van der Waals surface area contributed by atoms with Crippen LogP contribution >= 0.6 is 15.9 Å². The normalized spacial score (nSPS) is 17.9. The lowest BCUT2D eigenvalue weighted by Crippen LogP contribution is -2.53. The maximum Gasteiger partial charge on any atom is 0.268 e. The predicted octanol–water partition coefficient (Wildman–Crippen LogP) is 15.4. The molecule has 0 aliphatic carbocycles. The number of nitrogens with zero attached hydrogens (tertiary/aromatic N) is 10. The smallest absolute Gasteiger partial charge is 0.268 e. The molecule has 22 heteroatoms. The van der Waals surface area contributed by atoms with Crippen molar-refractivity contribution >= 4 is 98.0 Å². The minimum absolute atomic E-state index is 0.190. The van der Waals surface area contributed by atoms with Gasteiger partial charge in [-0.25, -0.2) is 39.7 Å². The number of carbonyl (C=O) groups excluding carboxylic acids is 3. The van der Waals surface area contributed by atoms with Gasteiger partial charge in [0.05, 0.1) is 37.1 Å². The molecular weight excluding hydrogens is 1460 g/mol. The van der Waals surface area contributed by atoms with Gasteiger partial charge in [0.2, 0.25) is 17.7 Å². The van der Waals surface area contributed by atoms with E-state index < -0.39 is 20.0 Å². The largest absolute Gasteiger partial charge is 0.361 e. The molecule has 6 aliphatic heterocycles. The van der Waals surface area contributed by atoms with Gasteiger partial charge in [-0.15, -0.1) is 0 Å². The number of amides is 3. The number of rotatable bonds is 12. The molecule has 12 heterocycles. The number of anilines is 2. The van der Waals surface area contributed by atoms with Crippen LogP contribution in [0.2, 0.25) is 0 Å². The van der Waals surface area contributed by atoms with E-state index in [0.717, 1.165) is 201 Å². The van der Waals surface area contributed by atoms with Gasteiger partial charge in [-0.05, 0) is 236 Å². The van der Waals surface area contributed by atoms with Crippen molar-refractivity contribution in [2.75, 3.05) is 68.7 Å². The molecule has 11 aromatic rings. The molecule has 0 atom stereocenters. The van der Waals surface area contributed by atoms with Crippen molar-refractivity contribution in [2.45, 2.75) is 141 Å². The number of likely N-dealkylation sites (tertiary alicyclic amines) is 3. The highest BCUT2D eigenvalue weighted by Gasteiger charge is 2.48. The Morgan fingerprint density at radius 2 is 0.778 bits per heavy atom. The van der Waals surface area contributed by atoms with E-state index in [-0.39, 0.29) is 37.9 Å². The van der Waals surface area contributed by atoms with Gasteiger partial charge < -0.3 is 34.8 Å². The van der Waals surface area contributed by atoms with Crippen LogP contribution in [0.15, 0.2) is 209 Å². The summed E-state index contributed by atoms with van der Waals surface area (Å²) in [7, 11) is -7.51. The van der Waals surface area contributed by atoms with Crippen LogP contribution in [0, 0.1) is 50.9 Å². The van der Waals surface area contributed by atoms with Gasteiger partial charge in [0.15, 0.2) is 0 Å². The predicted molar refractivity (Wildman–Crippen MR) is 431 cm³/mol. The molecule has 6 saturated heterocycles. The number of H-pyrrole nitrogens is 1. The minimum atomic E-state index is -3.78. The van der Waals surface area contributed by atoms with Gasteiger partial charge in [0.25, 0.3) is 20.0 Å². The fourth-order valence-electron chi connectivity index (χ4n) is 17.1. The van der Waals surface area contributed by atoms with Crippen LogP contribution < -0.4 is 15.1 Å². The summed E-state index contributed by atoms with van der Waals surface area (Å²) in [6, 6.07) is 55.4. The maximum atomic E-state index is 14.0. The fourth-order valence-corrected chi connectivity index (χ4v) is 20.3. The van der Waals surface area contributed by atoms with Crippen molar-refractivity contribution in [1.29, 1.82) is 0 Å². The molecule has 17 rings (SSSR count). The van der Waals surface area contributed by atoms with E-state index in [9.17, 15) is 31.2 Å². The summed E-state index contributed by atoms with van der Waals surface area (Å²) in [5, 5.41) is 6.32. The summed E-state index contributed by atoms with van der Waals surface area (Å²) in [5.41, 5.74) is 9.65. The number of para-hydroxylation sites is 3. The molecule has 19 nitrogen and oxygen atoms in total. The van der Waals surface area contributed by atoms with E-state index in [1.807, 2.05) is 166 Å². The van der Waals surface area contributed by atoms with Crippen LogP contribution in [0.25, 0.3) is 32.7 Å². The summed E-state index contributed by atoms with van der Waals surface area (Å²) in [6.07, 6.45) is 16.6. The Labute approximate surface area is 643 Å². The molecule has 0 unspecified atom stereocenters. The van der Waals surface area contributed by atoms with E-state index >= 15 is 0 Å². The van der Waals surface area contributed by atoms with Crippen molar-refractivity contribution in [3.05, 3.63) is 244 Å². The van der Waals surface area contributed by atoms with E-state index in [1.54, 1.807) is 36.7 Å². The average Bonchev–Trinajstić information content (AvgIpc) is 1.54. The SMILES string of the molecule is Cc1ccc(S(=O)(=O)n2cc(CN3CCCC4(CCN(c5cccc(C)n5)CC4)C3=O)c3ccccc32)cc1.Cc1ccc(S(=O)(=O)n2cc(CN3CCCC4(CCNCC4)C3=O)c3ccccc32)cc1.Cc1cccc(Br)n1.Cc1cccc(N2CCC3(CCCN(Cc4c[nH]c5ccccc45)C3=O)CC2)n1. The van der Waals surface area contributed by atoms with Gasteiger partial charge >= 0.3 is 0 Å². The zero-order valence-electron chi connectivity index (χ0n) is 62.5. The highest BCUT2D eigenvalue weighted by atomic mass is 79.9. The number of benzene rings is 5. The number of halogens is 1. The zero-order chi connectivity index (χ0) is 75.4. The van der Waals surface area contributed by atoms with Crippen LogP contribution in [0.3, 0.4) is 0 Å². The van der Waals surface area contributed by atoms with E-state index in [1.165, 1.54) is 18.9 Å². The summed E-state index contributed by atoms with van der Waals surface area (Å²) < 4.78 is 57.8.